The number of aryl methyl sites for hydroxylation is 4. The first-order valence-corrected chi connectivity index (χ1v) is 13.4. The van der Waals surface area contributed by atoms with Crippen LogP contribution in [0.3, 0.4) is 0 Å². The summed E-state index contributed by atoms with van der Waals surface area (Å²) in [5.74, 6) is 2.20. The Hall–Kier alpha value is -2.78. The molecule has 0 saturated carbocycles. The number of pyridine rings is 1. The molecule has 0 amide bonds. The normalized spacial score (nSPS) is 15.1. The average molecular weight is 465 g/mol. The third-order valence-corrected chi connectivity index (χ3v) is 7.72. The number of aromatic nitrogens is 1. The van der Waals surface area contributed by atoms with Crippen LogP contribution in [0.5, 0.6) is 11.5 Å². The van der Waals surface area contributed by atoms with E-state index < -0.39 is 7.60 Å². The van der Waals surface area contributed by atoms with Crippen molar-refractivity contribution in [1.29, 1.82) is 0 Å². The third-order valence-electron chi connectivity index (χ3n) is 5.93. The first-order chi connectivity index (χ1) is 15.8. The molecule has 1 aromatic heterocycles. The number of fused-ring (bicyclic) bond motifs is 2. The molecule has 174 valence electrons. The van der Waals surface area contributed by atoms with Crippen LogP contribution < -0.4 is 13.9 Å². The van der Waals surface area contributed by atoms with Crippen LogP contribution in [-0.4, -0.2) is 11.1 Å². The highest BCUT2D eigenvalue weighted by Gasteiger charge is 2.33. The van der Waals surface area contributed by atoms with Gasteiger partial charge in [0.2, 0.25) is 0 Å². The van der Waals surface area contributed by atoms with Gasteiger partial charge in [0.15, 0.2) is 0 Å². The topological polar surface area (TPSA) is 51.7 Å². The van der Waals surface area contributed by atoms with Crippen LogP contribution in [0, 0.1) is 27.7 Å². The molecule has 0 saturated heterocycles. The van der Waals surface area contributed by atoms with Gasteiger partial charge >= 0.3 is 7.60 Å². The summed E-state index contributed by atoms with van der Waals surface area (Å²) in [6, 6.07) is 14.3. The number of benzene rings is 2. The van der Waals surface area contributed by atoms with E-state index in [-0.39, 0.29) is 0 Å². The van der Waals surface area contributed by atoms with Crippen molar-refractivity contribution in [3.8, 4) is 11.5 Å². The van der Waals surface area contributed by atoms with Gasteiger partial charge in [-0.05, 0) is 57.4 Å². The Bertz CT molecular complexity index is 1130. The number of nitrogens with zero attached hydrogens (tertiary/aromatic N) is 2. The molecule has 0 fully saturated rings. The molecule has 5 nitrogen and oxygen atoms in total. The fourth-order valence-electron chi connectivity index (χ4n) is 4.49. The smallest absolute Gasteiger partial charge is 0.415 e. The number of anilines is 1. The molecule has 6 heteroatoms. The summed E-state index contributed by atoms with van der Waals surface area (Å²) >= 11 is 0. The van der Waals surface area contributed by atoms with E-state index in [1.165, 1.54) is 0 Å². The monoisotopic (exact) mass is 464 g/mol. The second kappa shape index (κ2) is 9.61. The summed E-state index contributed by atoms with van der Waals surface area (Å²) in [4.78, 5) is 6.85. The standard InChI is InChI=1S/C27H33N2O3P/c1-6-7-12-33(30)31-26-21(4)13-19(2)15-23(26)17-29(25-10-8-9-11-28-25)18-24-16-20(3)14-22(5)27(24)32-33/h8-11,13-16H,6-7,12,17-18H2,1-5H3. The van der Waals surface area contributed by atoms with Crippen LogP contribution in [0.1, 0.15) is 53.1 Å². The van der Waals surface area contributed by atoms with Gasteiger partial charge in [0.05, 0.1) is 6.16 Å². The molecule has 0 radical (unpaired) electrons. The van der Waals surface area contributed by atoms with Crippen LogP contribution in [0.25, 0.3) is 0 Å². The lowest BCUT2D eigenvalue weighted by Crippen LogP contribution is -2.25. The van der Waals surface area contributed by atoms with Crippen LogP contribution in [-0.2, 0) is 17.7 Å². The van der Waals surface area contributed by atoms with E-state index in [1.54, 1.807) is 0 Å². The van der Waals surface area contributed by atoms with Crippen molar-refractivity contribution in [3.05, 3.63) is 82.0 Å². The molecular formula is C27H33N2O3P. The average Bonchev–Trinajstić information content (AvgIpc) is 2.77. The van der Waals surface area contributed by atoms with Gasteiger partial charge in [-0.25, -0.2) is 9.55 Å². The minimum Gasteiger partial charge on any atom is -0.415 e. The minimum atomic E-state index is -3.42. The van der Waals surface area contributed by atoms with Gasteiger partial charge in [0.25, 0.3) is 0 Å². The zero-order valence-corrected chi connectivity index (χ0v) is 21.1. The van der Waals surface area contributed by atoms with E-state index in [2.05, 4.69) is 54.9 Å². The third kappa shape index (κ3) is 5.25. The highest BCUT2D eigenvalue weighted by molar-refractivity contribution is 7.54. The predicted molar refractivity (Wildman–Crippen MR) is 135 cm³/mol. The summed E-state index contributed by atoms with van der Waals surface area (Å²) < 4.78 is 26.8. The minimum absolute atomic E-state index is 0.382. The van der Waals surface area contributed by atoms with Crippen molar-refractivity contribution in [1.82, 2.24) is 4.98 Å². The van der Waals surface area contributed by atoms with Crippen molar-refractivity contribution in [2.45, 2.75) is 60.5 Å². The Labute approximate surface area is 197 Å². The molecule has 0 atom stereocenters. The van der Waals surface area contributed by atoms with E-state index in [0.717, 1.165) is 52.0 Å². The molecule has 0 aliphatic carbocycles. The van der Waals surface area contributed by atoms with E-state index in [4.69, 9.17) is 9.05 Å². The molecule has 3 aromatic rings. The zero-order chi connectivity index (χ0) is 23.6. The second-order valence-corrected chi connectivity index (χ2v) is 11.1. The van der Waals surface area contributed by atoms with Crippen LogP contribution in [0.2, 0.25) is 0 Å². The maximum Gasteiger partial charge on any atom is 0.430 e. The molecular weight excluding hydrogens is 431 g/mol. The summed E-state index contributed by atoms with van der Waals surface area (Å²) in [5, 5.41) is 0. The van der Waals surface area contributed by atoms with Gasteiger partial charge in [-0.15, -0.1) is 0 Å². The van der Waals surface area contributed by atoms with E-state index >= 15 is 0 Å². The molecule has 2 aromatic carbocycles. The molecule has 33 heavy (non-hydrogen) atoms. The van der Waals surface area contributed by atoms with E-state index in [9.17, 15) is 4.57 Å². The Balaban J connectivity index is 1.91. The fraction of sp³-hybridized carbons (Fsp3) is 0.370. The highest BCUT2D eigenvalue weighted by atomic mass is 31.2. The number of unbranched alkanes of at least 4 members (excludes halogenated alkanes) is 1. The molecule has 0 bridgehead atoms. The molecule has 2 heterocycles. The maximum atomic E-state index is 14.1. The molecule has 0 spiro atoms. The summed E-state index contributed by atoms with van der Waals surface area (Å²) in [7, 11) is -3.42. The lowest BCUT2D eigenvalue weighted by Gasteiger charge is -2.31. The van der Waals surface area contributed by atoms with E-state index in [0.29, 0.717) is 30.8 Å². The Morgan fingerprint density at radius 3 is 1.97 bits per heavy atom. The van der Waals surface area contributed by atoms with Gasteiger partial charge in [-0.2, -0.15) is 0 Å². The van der Waals surface area contributed by atoms with Crippen molar-refractivity contribution in [3.63, 3.8) is 0 Å². The molecule has 4 rings (SSSR count). The lowest BCUT2D eigenvalue weighted by atomic mass is 10.0. The molecule has 1 aliphatic heterocycles. The van der Waals surface area contributed by atoms with Gasteiger partial charge in [-0.1, -0.05) is 54.8 Å². The largest absolute Gasteiger partial charge is 0.430 e. The van der Waals surface area contributed by atoms with Crippen LogP contribution in [0.4, 0.5) is 5.82 Å². The summed E-state index contributed by atoms with van der Waals surface area (Å²) in [6.07, 6.45) is 3.89. The quantitative estimate of drug-likeness (QED) is 0.380. The zero-order valence-electron chi connectivity index (χ0n) is 20.2. The van der Waals surface area contributed by atoms with Crippen molar-refractivity contribution >= 4 is 13.4 Å². The fourth-order valence-corrected chi connectivity index (χ4v) is 6.49. The van der Waals surface area contributed by atoms with Gasteiger partial charge in [0, 0.05) is 30.4 Å². The van der Waals surface area contributed by atoms with Crippen LogP contribution in [0.15, 0.2) is 48.7 Å². The molecule has 0 N–H and O–H groups in total. The van der Waals surface area contributed by atoms with Gasteiger partial charge in [0.1, 0.15) is 17.3 Å². The van der Waals surface area contributed by atoms with Gasteiger partial charge < -0.3 is 13.9 Å². The Morgan fingerprint density at radius 2 is 1.48 bits per heavy atom. The first kappa shape index (κ1) is 23.4. The lowest BCUT2D eigenvalue weighted by molar-refractivity contribution is 0.376. The van der Waals surface area contributed by atoms with E-state index in [1.807, 2.05) is 38.2 Å². The second-order valence-electron chi connectivity index (χ2n) is 9.05. The summed E-state index contributed by atoms with van der Waals surface area (Å²) in [5.41, 5.74) is 6.20. The predicted octanol–water partition coefficient (Wildman–Crippen LogP) is 7.29. The first-order valence-electron chi connectivity index (χ1n) is 11.6. The van der Waals surface area contributed by atoms with Crippen LogP contribution >= 0.6 is 7.60 Å². The number of rotatable bonds is 4. The van der Waals surface area contributed by atoms with Gasteiger partial charge in [-0.3, -0.25) is 0 Å². The Morgan fingerprint density at radius 1 is 0.909 bits per heavy atom. The Kier molecular flexibility index (Phi) is 6.81. The highest BCUT2D eigenvalue weighted by Crippen LogP contribution is 2.53. The summed E-state index contributed by atoms with van der Waals surface area (Å²) in [6.45, 7) is 11.4. The van der Waals surface area contributed by atoms with Crippen molar-refractivity contribution < 1.29 is 13.6 Å². The number of hydrogen-bond acceptors (Lipinski definition) is 5. The molecule has 1 aliphatic rings. The molecule has 0 unspecified atom stereocenters. The SMILES string of the molecule is CCCCP1(=O)Oc2c(C)cc(C)cc2CN(c2ccccn2)Cc2cc(C)cc(C)c2O1. The van der Waals surface area contributed by atoms with Crippen molar-refractivity contribution in [2.24, 2.45) is 0 Å². The van der Waals surface area contributed by atoms with Crippen molar-refractivity contribution in [2.75, 3.05) is 11.1 Å². The number of hydrogen-bond donors (Lipinski definition) is 0. The maximum absolute atomic E-state index is 14.1.